The number of carbonyl (C=O) groups is 1. The molecule has 1 aromatic heterocycles. The third kappa shape index (κ3) is 3.90. The third-order valence-corrected chi connectivity index (χ3v) is 5.00. The summed E-state index contributed by atoms with van der Waals surface area (Å²) in [6.45, 7) is 5.75. The minimum absolute atomic E-state index is 0.0956. The van der Waals surface area contributed by atoms with Gasteiger partial charge in [0.05, 0.1) is 17.5 Å². The van der Waals surface area contributed by atoms with Gasteiger partial charge in [-0.25, -0.2) is 4.68 Å². The topological polar surface area (TPSA) is 67.2 Å². The molecule has 1 aliphatic rings. The van der Waals surface area contributed by atoms with Gasteiger partial charge in [0.2, 0.25) is 5.91 Å². The van der Waals surface area contributed by atoms with Gasteiger partial charge < -0.3 is 10.2 Å². The number of amides is 1. The molecule has 1 fully saturated rings. The van der Waals surface area contributed by atoms with Gasteiger partial charge >= 0.3 is 0 Å². The van der Waals surface area contributed by atoms with Gasteiger partial charge in [0.15, 0.2) is 0 Å². The van der Waals surface area contributed by atoms with Crippen LogP contribution in [-0.4, -0.2) is 46.8 Å². The maximum atomic E-state index is 12.7. The highest BCUT2D eigenvalue weighted by Crippen LogP contribution is 2.19. The molecule has 134 valence electrons. The lowest BCUT2D eigenvalue weighted by Crippen LogP contribution is -2.41. The van der Waals surface area contributed by atoms with Crippen LogP contribution >= 0.6 is 0 Å². The zero-order chi connectivity index (χ0) is 17.8. The van der Waals surface area contributed by atoms with Crippen LogP contribution in [0, 0.1) is 5.92 Å². The zero-order valence-corrected chi connectivity index (χ0v) is 15.0. The summed E-state index contributed by atoms with van der Waals surface area (Å²) in [6, 6.07) is 7.38. The Balaban J connectivity index is 1.71. The van der Waals surface area contributed by atoms with Crippen molar-refractivity contribution in [3.05, 3.63) is 40.3 Å². The fourth-order valence-electron chi connectivity index (χ4n) is 3.50. The van der Waals surface area contributed by atoms with Crippen LogP contribution < -0.4 is 10.9 Å². The summed E-state index contributed by atoms with van der Waals surface area (Å²) in [6.07, 6.45) is 2.33. The molecule has 0 unspecified atom stereocenters. The number of carbonyl (C=O) groups excluding carboxylic acids is 1. The van der Waals surface area contributed by atoms with Gasteiger partial charge in [0.25, 0.3) is 5.56 Å². The molecule has 1 N–H and O–H groups in total. The number of piperidine rings is 1. The summed E-state index contributed by atoms with van der Waals surface area (Å²) < 4.78 is 1.33. The third-order valence-electron chi connectivity index (χ3n) is 5.00. The standard InChI is InChI=1S/C19H26N4O2/c1-3-20-13-14-8-10-23(11-9-14)18(24)12-17-15-6-4-5-7-16(15)19(25)22(2)21-17/h4-7,14,20H,3,8-13H2,1-2H3. The maximum absolute atomic E-state index is 12.7. The monoisotopic (exact) mass is 342 g/mol. The summed E-state index contributed by atoms with van der Waals surface area (Å²) in [5.74, 6) is 0.749. The highest BCUT2D eigenvalue weighted by Gasteiger charge is 2.23. The molecule has 1 aliphatic heterocycles. The molecule has 0 spiro atoms. The molecule has 3 rings (SSSR count). The largest absolute Gasteiger partial charge is 0.342 e. The molecule has 0 radical (unpaired) electrons. The van der Waals surface area contributed by atoms with Crippen molar-refractivity contribution in [2.45, 2.75) is 26.2 Å². The number of likely N-dealkylation sites (tertiary alicyclic amines) is 1. The molecule has 25 heavy (non-hydrogen) atoms. The quantitative estimate of drug-likeness (QED) is 0.890. The number of hydrogen-bond acceptors (Lipinski definition) is 4. The Labute approximate surface area is 147 Å². The maximum Gasteiger partial charge on any atom is 0.274 e. The van der Waals surface area contributed by atoms with E-state index in [1.807, 2.05) is 23.1 Å². The second-order valence-corrected chi connectivity index (χ2v) is 6.73. The first-order valence-corrected chi connectivity index (χ1v) is 9.03. The summed E-state index contributed by atoms with van der Waals surface area (Å²) in [5.41, 5.74) is 0.550. The van der Waals surface area contributed by atoms with Gasteiger partial charge in [0, 0.05) is 25.5 Å². The highest BCUT2D eigenvalue weighted by atomic mass is 16.2. The molecule has 0 atom stereocenters. The van der Waals surface area contributed by atoms with E-state index in [0.717, 1.165) is 44.4 Å². The Morgan fingerprint density at radius 2 is 1.92 bits per heavy atom. The second-order valence-electron chi connectivity index (χ2n) is 6.73. The van der Waals surface area contributed by atoms with E-state index in [0.29, 0.717) is 17.0 Å². The molecule has 6 nitrogen and oxygen atoms in total. The molecule has 2 heterocycles. The fourth-order valence-corrected chi connectivity index (χ4v) is 3.50. The number of hydrogen-bond donors (Lipinski definition) is 1. The van der Waals surface area contributed by atoms with E-state index in [9.17, 15) is 9.59 Å². The average molecular weight is 342 g/mol. The summed E-state index contributed by atoms with van der Waals surface area (Å²) in [4.78, 5) is 26.8. The zero-order valence-electron chi connectivity index (χ0n) is 15.0. The van der Waals surface area contributed by atoms with E-state index in [-0.39, 0.29) is 17.9 Å². The van der Waals surface area contributed by atoms with Gasteiger partial charge in [-0.2, -0.15) is 5.10 Å². The Kier molecular flexibility index (Phi) is 5.48. The second kappa shape index (κ2) is 7.78. The Morgan fingerprint density at radius 3 is 2.60 bits per heavy atom. The molecule has 1 aromatic carbocycles. The van der Waals surface area contributed by atoms with Crippen LogP contribution in [0.5, 0.6) is 0 Å². The van der Waals surface area contributed by atoms with E-state index < -0.39 is 0 Å². The van der Waals surface area contributed by atoms with Crippen molar-refractivity contribution in [1.82, 2.24) is 20.0 Å². The van der Waals surface area contributed by atoms with Crippen LogP contribution in [0.15, 0.2) is 29.1 Å². The summed E-state index contributed by atoms with van der Waals surface area (Å²) >= 11 is 0. The van der Waals surface area contributed by atoms with Crippen molar-refractivity contribution in [2.24, 2.45) is 13.0 Å². The number of benzene rings is 1. The number of nitrogens with one attached hydrogen (secondary N) is 1. The molecule has 2 aromatic rings. The Hall–Kier alpha value is -2.21. The molecule has 0 saturated carbocycles. The molecule has 0 bridgehead atoms. The van der Waals surface area contributed by atoms with Crippen LogP contribution in [0.3, 0.4) is 0 Å². The molecular weight excluding hydrogens is 316 g/mol. The Morgan fingerprint density at radius 1 is 1.24 bits per heavy atom. The molecule has 0 aliphatic carbocycles. The minimum atomic E-state index is -0.129. The van der Waals surface area contributed by atoms with Gasteiger partial charge in [-0.1, -0.05) is 25.1 Å². The normalized spacial score (nSPS) is 15.7. The van der Waals surface area contributed by atoms with Crippen molar-refractivity contribution in [3.63, 3.8) is 0 Å². The molecular formula is C19H26N4O2. The Bertz CT molecular complexity index is 807. The lowest BCUT2D eigenvalue weighted by atomic mass is 9.96. The first-order valence-electron chi connectivity index (χ1n) is 9.03. The number of nitrogens with zero attached hydrogens (tertiary/aromatic N) is 3. The van der Waals surface area contributed by atoms with Crippen LogP contribution in [0.2, 0.25) is 0 Å². The van der Waals surface area contributed by atoms with E-state index in [2.05, 4.69) is 17.3 Å². The van der Waals surface area contributed by atoms with E-state index in [1.54, 1.807) is 13.1 Å². The number of aromatic nitrogens is 2. The van der Waals surface area contributed by atoms with Crippen molar-refractivity contribution in [1.29, 1.82) is 0 Å². The number of rotatable bonds is 5. The van der Waals surface area contributed by atoms with Crippen LogP contribution in [0.25, 0.3) is 10.8 Å². The predicted molar refractivity (Wildman–Crippen MR) is 98.5 cm³/mol. The lowest BCUT2D eigenvalue weighted by molar-refractivity contribution is -0.131. The highest BCUT2D eigenvalue weighted by molar-refractivity contribution is 5.88. The van der Waals surface area contributed by atoms with Crippen LogP contribution in [-0.2, 0) is 18.3 Å². The summed E-state index contributed by atoms with van der Waals surface area (Å²) in [7, 11) is 1.63. The van der Waals surface area contributed by atoms with Gasteiger partial charge in [-0.3, -0.25) is 9.59 Å². The van der Waals surface area contributed by atoms with Gasteiger partial charge in [-0.05, 0) is 37.9 Å². The average Bonchev–Trinajstić information content (AvgIpc) is 2.64. The minimum Gasteiger partial charge on any atom is -0.342 e. The number of aryl methyl sites for hydroxylation is 1. The number of fused-ring (bicyclic) bond motifs is 1. The fraction of sp³-hybridized carbons (Fsp3) is 0.526. The predicted octanol–water partition coefficient (Wildman–Crippen LogP) is 1.32. The first kappa shape index (κ1) is 17.6. The smallest absolute Gasteiger partial charge is 0.274 e. The SMILES string of the molecule is CCNCC1CCN(C(=O)Cc2nn(C)c(=O)c3ccccc23)CC1. The van der Waals surface area contributed by atoms with Crippen molar-refractivity contribution in [2.75, 3.05) is 26.2 Å². The first-order chi connectivity index (χ1) is 12.1. The van der Waals surface area contributed by atoms with Crippen molar-refractivity contribution >= 4 is 16.7 Å². The van der Waals surface area contributed by atoms with Crippen LogP contribution in [0.4, 0.5) is 0 Å². The molecule has 6 heteroatoms. The lowest BCUT2D eigenvalue weighted by Gasteiger charge is -2.32. The molecule has 1 saturated heterocycles. The molecule has 1 amide bonds. The van der Waals surface area contributed by atoms with Crippen LogP contribution in [0.1, 0.15) is 25.5 Å². The van der Waals surface area contributed by atoms with Gasteiger partial charge in [0.1, 0.15) is 0 Å². The summed E-state index contributed by atoms with van der Waals surface area (Å²) in [5, 5.41) is 9.12. The van der Waals surface area contributed by atoms with Crippen molar-refractivity contribution in [3.8, 4) is 0 Å². The van der Waals surface area contributed by atoms with Crippen molar-refractivity contribution < 1.29 is 4.79 Å². The van der Waals surface area contributed by atoms with E-state index >= 15 is 0 Å². The van der Waals surface area contributed by atoms with E-state index in [4.69, 9.17) is 0 Å². The van der Waals surface area contributed by atoms with E-state index in [1.165, 1.54) is 4.68 Å². The van der Waals surface area contributed by atoms with Gasteiger partial charge in [-0.15, -0.1) is 0 Å².